The summed E-state index contributed by atoms with van der Waals surface area (Å²) < 4.78 is 0. The lowest BCUT2D eigenvalue weighted by Gasteiger charge is -2.16. The highest BCUT2D eigenvalue weighted by atomic mass is 16.2. The number of nitrogens with zero attached hydrogens (tertiary/aromatic N) is 1. The van der Waals surface area contributed by atoms with E-state index >= 15 is 0 Å². The quantitative estimate of drug-likeness (QED) is 0.251. The molecule has 0 unspecified atom stereocenters. The zero-order chi connectivity index (χ0) is 25.7. The first-order valence-corrected chi connectivity index (χ1v) is 13.1. The summed E-state index contributed by atoms with van der Waals surface area (Å²) in [7, 11) is 0. The minimum atomic E-state index is -0.332. The van der Waals surface area contributed by atoms with E-state index in [0.717, 1.165) is 29.7 Å². The molecular weight excluding hydrogens is 460 g/mol. The van der Waals surface area contributed by atoms with Gasteiger partial charge in [-0.15, -0.1) is 0 Å². The average molecular weight is 497 g/mol. The molecule has 1 aliphatic rings. The number of likely N-dealkylation sites (tertiary alicyclic amines) is 1. The summed E-state index contributed by atoms with van der Waals surface area (Å²) >= 11 is 0. The Labute approximate surface area is 219 Å². The van der Waals surface area contributed by atoms with Gasteiger partial charge in [0.1, 0.15) is 0 Å². The lowest BCUT2D eigenvalue weighted by Crippen LogP contribution is -2.38. The van der Waals surface area contributed by atoms with Crippen LogP contribution in [0.3, 0.4) is 0 Å². The lowest BCUT2D eigenvalue weighted by molar-refractivity contribution is -0.116. The number of anilines is 1. The molecule has 1 aliphatic heterocycles. The van der Waals surface area contributed by atoms with Crippen molar-refractivity contribution in [1.29, 1.82) is 0 Å². The second kappa shape index (κ2) is 14.0. The molecule has 1 atom stereocenters. The first kappa shape index (κ1) is 26.2. The summed E-state index contributed by atoms with van der Waals surface area (Å²) in [5.41, 5.74) is 4.00. The van der Waals surface area contributed by atoms with Crippen LogP contribution in [0.1, 0.15) is 24.8 Å². The molecule has 3 aromatic rings. The second-order valence-electron chi connectivity index (χ2n) is 9.39. The molecule has 0 aromatic heterocycles. The summed E-state index contributed by atoms with van der Waals surface area (Å²) in [5.74, 6) is -0.141. The number of nitrogens with one attached hydrogen (secondary N) is 3. The maximum atomic E-state index is 12.8. The average Bonchev–Trinajstić information content (AvgIpc) is 3.45. The Hall–Kier alpha value is -3.90. The Kier molecular flexibility index (Phi) is 9.90. The Morgan fingerprint density at radius 2 is 1.49 bits per heavy atom. The van der Waals surface area contributed by atoms with Crippen LogP contribution in [0.2, 0.25) is 0 Å². The van der Waals surface area contributed by atoms with Gasteiger partial charge in [-0.2, -0.15) is 0 Å². The van der Waals surface area contributed by atoms with Gasteiger partial charge in [0.15, 0.2) is 0 Å². The third-order valence-electron chi connectivity index (χ3n) is 6.49. The highest BCUT2D eigenvalue weighted by Gasteiger charge is 2.12. The SMILES string of the molecule is O=C(/C=C/[C@H](Cc1ccccc1)NC(=O)Nc1ccc(-c2ccccc2)cc1)NCCCN1CCCC1. The van der Waals surface area contributed by atoms with Crippen molar-refractivity contribution in [3.8, 4) is 11.1 Å². The number of benzene rings is 3. The van der Waals surface area contributed by atoms with Crippen LogP contribution in [0.4, 0.5) is 10.5 Å². The predicted molar refractivity (Wildman–Crippen MR) is 150 cm³/mol. The van der Waals surface area contributed by atoms with Crippen LogP contribution < -0.4 is 16.0 Å². The number of amides is 3. The van der Waals surface area contributed by atoms with Crippen LogP contribution in [-0.2, 0) is 11.2 Å². The number of urea groups is 1. The van der Waals surface area contributed by atoms with Crippen molar-refractivity contribution in [2.75, 3.05) is 31.5 Å². The van der Waals surface area contributed by atoms with Gasteiger partial charge in [0.05, 0.1) is 6.04 Å². The van der Waals surface area contributed by atoms with Gasteiger partial charge in [0, 0.05) is 18.3 Å². The van der Waals surface area contributed by atoms with E-state index in [1.807, 2.05) is 72.8 Å². The van der Waals surface area contributed by atoms with E-state index in [9.17, 15) is 9.59 Å². The van der Waals surface area contributed by atoms with Gasteiger partial charge in [-0.25, -0.2) is 4.79 Å². The predicted octanol–water partition coefficient (Wildman–Crippen LogP) is 5.24. The first-order valence-electron chi connectivity index (χ1n) is 13.1. The van der Waals surface area contributed by atoms with Crippen molar-refractivity contribution in [3.63, 3.8) is 0 Å². The normalized spacial score (nSPS) is 14.4. The number of carbonyl (C=O) groups excluding carboxylic acids is 2. The molecule has 0 bridgehead atoms. The van der Waals surface area contributed by atoms with Gasteiger partial charge in [-0.3, -0.25) is 4.79 Å². The molecule has 6 nitrogen and oxygen atoms in total. The first-order chi connectivity index (χ1) is 18.2. The van der Waals surface area contributed by atoms with Crippen molar-refractivity contribution >= 4 is 17.6 Å². The molecule has 0 saturated carbocycles. The zero-order valence-electron chi connectivity index (χ0n) is 21.2. The van der Waals surface area contributed by atoms with Crippen molar-refractivity contribution < 1.29 is 9.59 Å². The van der Waals surface area contributed by atoms with Crippen molar-refractivity contribution in [3.05, 3.63) is 103 Å². The van der Waals surface area contributed by atoms with Gasteiger partial charge in [0.2, 0.25) is 5.91 Å². The van der Waals surface area contributed by atoms with Crippen molar-refractivity contribution in [2.24, 2.45) is 0 Å². The molecule has 3 aromatic carbocycles. The fourth-order valence-corrected chi connectivity index (χ4v) is 4.53. The van der Waals surface area contributed by atoms with Crippen LogP contribution in [0, 0.1) is 0 Å². The van der Waals surface area contributed by atoms with Crippen LogP contribution in [0.25, 0.3) is 11.1 Å². The fraction of sp³-hybridized carbons (Fsp3) is 0.290. The molecule has 3 N–H and O–H groups in total. The standard InChI is InChI=1S/C31H36N4O2/c36-30(32-20-9-23-35-21-7-8-22-35)19-18-29(24-25-10-3-1-4-11-25)34-31(37)33-28-16-14-27(15-17-28)26-12-5-2-6-13-26/h1-6,10-19,29H,7-9,20-24H2,(H,32,36)(H2,33,34,37)/b19-18+/t29-/m1/s1. The minimum Gasteiger partial charge on any atom is -0.353 e. The Balaban J connectivity index is 1.30. The van der Waals surface area contributed by atoms with E-state index < -0.39 is 0 Å². The maximum Gasteiger partial charge on any atom is 0.319 e. The van der Waals surface area contributed by atoms with Gasteiger partial charge in [0.25, 0.3) is 0 Å². The molecule has 3 amide bonds. The van der Waals surface area contributed by atoms with E-state index in [-0.39, 0.29) is 18.0 Å². The smallest absolute Gasteiger partial charge is 0.319 e. The van der Waals surface area contributed by atoms with E-state index in [2.05, 4.69) is 33.0 Å². The third-order valence-corrected chi connectivity index (χ3v) is 6.49. The molecule has 0 radical (unpaired) electrons. The Bertz CT molecular complexity index is 1140. The molecule has 6 heteroatoms. The molecule has 1 fully saturated rings. The molecular formula is C31H36N4O2. The lowest BCUT2D eigenvalue weighted by atomic mass is 10.1. The molecule has 37 heavy (non-hydrogen) atoms. The van der Waals surface area contributed by atoms with Gasteiger partial charge in [-0.05, 0) is 74.1 Å². The Morgan fingerprint density at radius 1 is 0.838 bits per heavy atom. The highest BCUT2D eigenvalue weighted by Crippen LogP contribution is 2.21. The maximum absolute atomic E-state index is 12.8. The summed E-state index contributed by atoms with van der Waals surface area (Å²) in [4.78, 5) is 27.6. The van der Waals surface area contributed by atoms with Gasteiger partial charge in [-0.1, -0.05) is 78.9 Å². The molecule has 1 heterocycles. The number of rotatable bonds is 11. The van der Waals surface area contributed by atoms with Crippen LogP contribution >= 0.6 is 0 Å². The van der Waals surface area contributed by atoms with Gasteiger partial charge >= 0.3 is 6.03 Å². The minimum absolute atomic E-state index is 0.141. The monoisotopic (exact) mass is 496 g/mol. The number of hydrogen-bond donors (Lipinski definition) is 3. The molecule has 1 saturated heterocycles. The summed E-state index contributed by atoms with van der Waals surface area (Å²) in [6.07, 6.45) is 7.37. The summed E-state index contributed by atoms with van der Waals surface area (Å²) in [5, 5.41) is 8.86. The number of carbonyl (C=O) groups is 2. The fourth-order valence-electron chi connectivity index (χ4n) is 4.53. The van der Waals surface area contributed by atoms with Crippen LogP contribution in [0.5, 0.6) is 0 Å². The third kappa shape index (κ3) is 8.92. The molecule has 0 spiro atoms. The van der Waals surface area contributed by atoms with Crippen LogP contribution in [-0.4, -0.2) is 49.1 Å². The zero-order valence-corrected chi connectivity index (χ0v) is 21.2. The largest absolute Gasteiger partial charge is 0.353 e. The van der Waals surface area contributed by atoms with E-state index in [1.165, 1.54) is 32.0 Å². The molecule has 192 valence electrons. The van der Waals surface area contributed by atoms with Crippen LogP contribution in [0.15, 0.2) is 97.1 Å². The number of hydrogen-bond acceptors (Lipinski definition) is 3. The van der Waals surface area contributed by atoms with Crippen molar-refractivity contribution in [1.82, 2.24) is 15.5 Å². The summed E-state index contributed by atoms with van der Waals surface area (Å²) in [6.45, 7) is 4.00. The molecule has 4 rings (SSSR count). The van der Waals surface area contributed by atoms with Crippen molar-refractivity contribution in [2.45, 2.75) is 31.7 Å². The summed E-state index contributed by atoms with van der Waals surface area (Å²) in [6, 6.07) is 27.1. The highest BCUT2D eigenvalue weighted by molar-refractivity contribution is 5.90. The van der Waals surface area contributed by atoms with Gasteiger partial charge < -0.3 is 20.9 Å². The van der Waals surface area contributed by atoms with E-state index in [1.54, 1.807) is 6.08 Å². The van der Waals surface area contributed by atoms with E-state index in [0.29, 0.717) is 18.7 Å². The second-order valence-corrected chi connectivity index (χ2v) is 9.39. The molecule has 0 aliphatic carbocycles. The Morgan fingerprint density at radius 3 is 2.19 bits per heavy atom. The van der Waals surface area contributed by atoms with E-state index in [4.69, 9.17) is 0 Å². The topological polar surface area (TPSA) is 73.5 Å².